The Morgan fingerprint density at radius 1 is 1.21 bits per heavy atom. The van der Waals surface area contributed by atoms with Crippen LogP contribution in [-0.2, 0) is 0 Å². The number of hydrogen-bond acceptors (Lipinski definition) is 3. The number of nitrogens with one attached hydrogen (secondary N) is 2. The molecule has 3 aromatic heterocycles. The maximum Gasteiger partial charge on any atom is 0.422 e. The summed E-state index contributed by atoms with van der Waals surface area (Å²) in [6.07, 6.45) is -0.525. The summed E-state index contributed by atoms with van der Waals surface area (Å²) in [5.41, 5.74) is 0.800. The number of hydrogen-bond donors (Lipinski definition) is 2. The molecule has 0 radical (unpaired) electrons. The van der Waals surface area contributed by atoms with Crippen molar-refractivity contribution < 1.29 is 31.5 Å². The first kappa shape index (κ1) is 18.7. The highest BCUT2D eigenvalue weighted by Gasteiger charge is 2.28. The maximum atomic E-state index is 13.5. The van der Waals surface area contributed by atoms with E-state index in [1.165, 1.54) is 35.1 Å². The molecule has 0 saturated heterocycles. The number of carbonyl (C=O) groups is 1. The van der Waals surface area contributed by atoms with Crippen LogP contribution in [0.4, 0.5) is 27.6 Å². The van der Waals surface area contributed by atoms with E-state index < -0.39 is 30.3 Å². The zero-order chi connectivity index (χ0) is 20.8. The van der Waals surface area contributed by atoms with Crippen LogP contribution in [0.5, 0.6) is 5.75 Å². The van der Waals surface area contributed by atoms with Crippen molar-refractivity contribution in [2.24, 2.45) is 0 Å². The van der Waals surface area contributed by atoms with Crippen LogP contribution in [0.15, 0.2) is 42.9 Å². The smallest absolute Gasteiger partial charge is 0.422 e. The van der Waals surface area contributed by atoms with Gasteiger partial charge in [-0.25, -0.2) is 13.8 Å². The Morgan fingerprint density at radius 2 is 1.97 bits per heavy atom. The molecule has 6 nitrogen and oxygen atoms in total. The van der Waals surface area contributed by atoms with Gasteiger partial charge < -0.3 is 15.0 Å². The van der Waals surface area contributed by atoms with Gasteiger partial charge in [0.25, 0.3) is 5.91 Å². The summed E-state index contributed by atoms with van der Waals surface area (Å²) < 4.78 is 69.6. The highest BCUT2D eigenvalue weighted by atomic mass is 19.4. The van der Waals surface area contributed by atoms with Gasteiger partial charge in [-0.2, -0.15) is 13.2 Å². The molecule has 2 N–H and O–H groups in total. The molecular weight excluding hydrogens is 399 g/mol. The quantitative estimate of drug-likeness (QED) is 0.493. The molecular formula is C18H11F5N4O2. The highest BCUT2D eigenvalue weighted by molar-refractivity contribution is 6.08. The number of rotatable bonds is 4. The molecule has 3 heterocycles. The fourth-order valence-electron chi connectivity index (χ4n) is 2.79. The number of amides is 1. The number of aromatic nitrogens is 3. The van der Waals surface area contributed by atoms with Crippen molar-refractivity contribution in [3.05, 3.63) is 60.2 Å². The second-order valence-corrected chi connectivity index (χ2v) is 6.11. The van der Waals surface area contributed by atoms with E-state index in [1.54, 1.807) is 0 Å². The lowest BCUT2D eigenvalue weighted by atomic mass is 10.2. The Balaban J connectivity index is 1.58. The fourth-order valence-corrected chi connectivity index (χ4v) is 2.79. The minimum atomic E-state index is -4.48. The van der Waals surface area contributed by atoms with Crippen molar-refractivity contribution in [2.75, 3.05) is 11.9 Å². The number of halogens is 5. The fraction of sp³-hybridized carbons (Fsp3) is 0.111. The molecule has 29 heavy (non-hydrogen) atoms. The SMILES string of the molecule is O=C(Nc1c[nH]c2cc(F)c(F)cc12)c1cnc2cc(OCC(F)(F)F)ccn12. The topological polar surface area (TPSA) is 71.4 Å². The van der Waals surface area contributed by atoms with Gasteiger partial charge >= 0.3 is 6.18 Å². The number of benzene rings is 1. The van der Waals surface area contributed by atoms with Crippen LogP contribution in [0, 0.1) is 11.6 Å². The molecule has 0 aliphatic rings. The van der Waals surface area contributed by atoms with Gasteiger partial charge in [0.15, 0.2) is 18.2 Å². The van der Waals surface area contributed by atoms with E-state index in [4.69, 9.17) is 0 Å². The molecule has 150 valence electrons. The molecule has 1 amide bonds. The van der Waals surface area contributed by atoms with Gasteiger partial charge in [-0.05, 0) is 12.1 Å². The number of H-pyrrole nitrogens is 1. The Bertz CT molecular complexity index is 1230. The van der Waals surface area contributed by atoms with Crippen LogP contribution < -0.4 is 10.1 Å². The third-order valence-corrected chi connectivity index (χ3v) is 4.09. The van der Waals surface area contributed by atoms with Crippen LogP contribution in [0.2, 0.25) is 0 Å². The van der Waals surface area contributed by atoms with Gasteiger partial charge in [-0.3, -0.25) is 9.20 Å². The summed E-state index contributed by atoms with van der Waals surface area (Å²) in [6.45, 7) is -1.45. The van der Waals surface area contributed by atoms with Crippen LogP contribution in [0.3, 0.4) is 0 Å². The average molecular weight is 410 g/mol. The molecule has 0 fully saturated rings. The summed E-state index contributed by atoms with van der Waals surface area (Å²) in [5, 5.41) is 2.84. The number of ether oxygens (including phenoxy) is 1. The summed E-state index contributed by atoms with van der Waals surface area (Å²) in [7, 11) is 0. The lowest BCUT2D eigenvalue weighted by Gasteiger charge is -2.09. The van der Waals surface area contributed by atoms with E-state index in [-0.39, 0.29) is 28.2 Å². The number of fused-ring (bicyclic) bond motifs is 2. The Hall–Kier alpha value is -3.63. The summed E-state index contributed by atoms with van der Waals surface area (Å²) >= 11 is 0. The van der Waals surface area contributed by atoms with Crippen molar-refractivity contribution in [3.63, 3.8) is 0 Å². The Morgan fingerprint density at radius 3 is 2.72 bits per heavy atom. The second-order valence-electron chi connectivity index (χ2n) is 6.11. The lowest BCUT2D eigenvalue weighted by Crippen LogP contribution is -2.19. The molecule has 4 rings (SSSR count). The normalized spacial score (nSPS) is 11.9. The molecule has 0 unspecified atom stereocenters. The molecule has 0 aliphatic heterocycles. The highest BCUT2D eigenvalue weighted by Crippen LogP contribution is 2.26. The van der Waals surface area contributed by atoms with Crippen molar-refractivity contribution in [3.8, 4) is 5.75 Å². The number of anilines is 1. The van der Waals surface area contributed by atoms with Crippen LogP contribution >= 0.6 is 0 Å². The monoisotopic (exact) mass is 410 g/mol. The number of nitrogens with zero attached hydrogens (tertiary/aromatic N) is 2. The van der Waals surface area contributed by atoms with Crippen molar-refractivity contribution in [1.82, 2.24) is 14.4 Å². The molecule has 0 atom stereocenters. The first-order valence-electron chi connectivity index (χ1n) is 8.15. The van der Waals surface area contributed by atoms with Crippen molar-refractivity contribution in [1.29, 1.82) is 0 Å². The molecule has 0 bridgehead atoms. The summed E-state index contributed by atoms with van der Waals surface area (Å²) in [6, 6.07) is 4.44. The van der Waals surface area contributed by atoms with Crippen molar-refractivity contribution in [2.45, 2.75) is 6.18 Å². The predicted molar refractivity (Wildman–Crippen MR) is 92.9 cm³/mol. The largest absolute Gasteiger partial charge is 0.484 e. The minimum Gasteiger partial charge on any atom is -0.484 e. The molecule has 1 aromatic carbocycles. The standard InChI is InChI=1S/C18H11F5N4O2/c19-11-4-10-13(5-12(11)20)24-6-14(10)26-17(28)15-7-25-16-3-9(1-2-27(15)16)29-8-18(21,22)23/h1-7,24H,8H2,(H,26,28). The molecule has 4 aromatic rings. The molecule has 0 saturated carbocycles. The predicted octanol–water partition coefficient (Wildman–Crippen LogP) is 4.29. The third-order valence-electron chi connectivity index (χ3n) is 4.09. The number of carbonyl (C=O) groups excluding carboxylic acids is 1. The summed E-state index contributed by atoms with van der Waals surface area (Å²) in [4.78, 5) is 19.3. The Labute approximate surface area is 158 Å². The van der Waals surface area contributed by atoms with Crippen LogP contribution in [-0.4, -0.2) is 33.1 Å². The number of pyridine rings is 1. The van der Waals surface area contributed by atoms with Gasteiger partial charge in [0.1, 0.15) is 17.1 Å². The second kappa shape index (κ2) is 6.76. The first-order valence-corrected chi connectivity index (χ1v) is 8.15. The molecule has 0 aliphatic carbocycles. The van der Waals surface area contributed by atoms with E-state index >= 15 is 0 Å². The van der Waals surface area contributed by atoms with E-state index in [9.17, 15) is 26.7 Å². The van der Waals surface area contributed by atoms with E-state index in [2.05, 4.69) is 20.0 Å². The van der Waals surface area contributed by atoms with Crippen molar-refractivity contribution >= 4 is 28.1 Å². The molecule has 11 heteroatoms. The zero-order valence-electron chi connectivity index (χ0n) is 14.3. The zero-order valence-corrected chi connectivity index (χ0v) is 14.3. The summed E-state index contributed by atoms with van der Waals surface area (Å²) in [5.74, 6) is -2.75. The number of imidazole rings is 1. The van der Waals surface area contributed by atoms with Gasteiger partial charge in [0.05, 0.1) is 17.4 Å². The average Bonchev–Trinajstić information content (AvgIpc) is 3.24. The van der Waals surface area contributed by atoms with E-state index in [0.717, 1.165) is 12.1 Å². The van der Waals surface area contributed by atoms with Gasteiger partial charge in [0.2, 0.25) is 0 Å². The lowest BCUT2D eigenvalue weighted by molar-refractivity contribution is -0.153. The van der Waals surface area contributed by atoms with Gasteiger partial charge in [0, 0.05) is 29.9 Å². The van der Waals surface area contributed by atoms with E-state index in [1.807, 2.05) is 0 Å². The number of alkyl halides is 3. The Kier molecular flexibility index (Phi) is 4.36. The van der Waals surface area contributed by atoms with Crippen LogP contribution in [0.25, 0.3) is 16.6 Å². The van der Waals surface area contributed by atoms with E-state index in [0.29, 0.717) is 5.52 Å². The minimum absolute atomic E-state index is 0.0542. The maximum absolute atomic E-state index is 13.5. The molecule has 0 spiro atoms. The van der Waals surface area contributed by atoms with Gasteiger partial charge in [-0.1, -0.05) is 0 Å². The van der Waals surface area contributed by atoms with Gasteiger partial charge in [-0.15, -0.1) is 0 Å². The third kappa shape index (κ3) is 3.71. The number of aromatic amines is 1. The first-order chi connectivity index (χ1) is 13.7. The van der Waals surface area contributed by atoms with Crippen LogP contribution in [0.1, 0.15) is 10.5 Å².